The van der Waals surface area contributed by atoms with Crippen molar-refractivity contribution in [2.45, 2.75) is 70.3 Å². The van der Waals surface area contributed by atoms with E-state index in [-0.39, 0.29) is 24.6 Å². The van der Waals surface area contributed by atoms with E-state index in [2.05, 4.69) is 20.5 Å². The first-order chi connectivity index (χ1) is 18.8. The molecule has 0 spiro atoms. The number of anilines is 1. The first-order valence-corrected chi connectivity index (χ1v) is 13.1. The van der Waals surface area contributed by atoms with E-state index in [9.17, 15) is 22.8 Å². The van der Waals surface area contributed by atoms with Gasteiger partial charge in [-0.05, 0) is 51.8 Å². The third-order valence-electron chi connectivity index (χ3n) is 7.21. The number of fused-ring (bicyclic) bond motifs is 3. The van der Waals surface area contributed by atoms with Crippen LogP contribution in [0.25, 0.3) is 0 Å². The highest BCUT2D eigenvalue weighted by atomic mass is 19.4. The largest absolute Gasteiger partial charge is 0.491 e. The number of pyridine rings is 1. The topological polar surface area (TPSA) is 117 Å². The molecule has 2 bridgehead atoms. The van der Waals surface area contributed by atoms with Gasteiger partial charge in [-0.2, -0.15) is 13.2 Å². The number of alkyl halides is 3. The van der Waals surface area contributed by atoms with Gasteiger partial charge in [-0.15, -0.1) is 0 Å². The summed E-state index contributed by atoms with van der Waals surface area (Å²) in [7, 11) is 0. The van der Waals surface area contributed by atoms with Gasteiger partial charge in [-0.25, -0.2) is 9.78 Å². The fourth-order valence-electron chi connectivity index (χ4n) is 5.26. The number of halogens is 3. The lowest BCUT2D eigenvalue weighted by Gasteiger charge is -2.42. The number of nitrogens with one attached hydrogen (secondary N) is 3. The van der Waals surface area contributed by atoms with Crippen molar-refractivity contribution in [1.82, 2.24) is 25.4 Å². The van der Waals surface area contributed by atoms with E-state index < -0.39 is 36.0 Å². The molecule has 5 heterocycles. The average molecular weight is 567 g/mol. The summed E-state index contributed by atoms with van der Waals surface area (Å²) >= 11 is 0. The van der Waals surface area contributed by atoms with Crippen LogP contribution >= 0.6 is 0 Å². The van der Waals surface area contributed by atoms with Crippen molar-refractivity contribution < 1.29 is 37.0 Å². The molecule has 0 saturated carbocycles. The zero-order chi connectivity index (χ0) is 28.8. The molecule has 0 aromatic carbocycles. The van der Waals surface area contributed by atoms with E-state index in [1.165, 1.54) is 11.1 Å². The Labute approximate surface area is 229 Å². The molecule has 1 aromatic heterocycles. The summed E-state index contributed by atoms with van der Waals surface area (Å²) in [5, 5.41) is 7.81. The summed E-state index contributed by atoms with van der Waals surface area (Å²) in [5.74, 6) is -0.394. The molecule has 3 N–H and O–H groups in total. The van der Waals surface area contributed by atoms with Gasteiger partial charge in [0.05, 0.1) is 18.3 Å². The van der Waals surface area contributed by atoms with Crippen molar-refractivity contribution in [3.8, 4) is 5.75 Å². The van der Waals surface area contributed by atoms with Gasteiger partial charge in [0.25, 0.3) is 0 Å². The number of dihydropyridines is 1. The van der Waals surface area contributed by atoms with E-state index in [1.54, 1.807) is 25.1 Å². The smallest absolute Gasteiger partial charge is 0.408 e. The second-order valence-corrected chi connectivity index (χ2v) is 10.8. The van der Waals surface area contributed by atoms with Gasteiger partial charge >= 0.3 is 12.2 Å². The molecular formula is C26H33F3N6O5. The number of amides is 3. The van der Waals surface area contributed by atoms with Gasteiger partial charge in [0, 0.05) is 25.4 Å². The summed E-state index contributed by atoms with van der Waals surface area (Å²) in [5.41, 5.74) is 1.44. The van der Waals surface area contributed by atoms with E-state index in [4.69, 9.17) is 14.2 Å². The molecule has 2 saturated heterocycles. The highest BCUT2D eigenvalue weighted by Crippen LogP contribution is 2.37. The first kappa shape index (κ1) is 28.0. The van der Waals surface area contributed by atoms with Crippen molar-refractivity contribution in [3.63, 3.8) is 0 Å². The van der Waals surface area contributed by atoms with Gasteiger partial charge in [0.1, 0.15) is 42.2 Å². The number of allylic oxidation sites excluding steroid dienone is 1. The van der Waals surface area contributed by atoms with Crippen LogP contribution in [-0.2, 0) is 14.3 Å². The van der Waals surface area contributed by atoms with Crippen LogP contribution in [0.2, 0.25) is 0 Å². The predicted octanol–water partition coefficient (Wildman–Crippen LogP) is 2.69. The van der Waals surface area contributed by atoms with Gasteiger partial charge < -0.3 is 29.7 Å². The quantitative estimate of drug-likeness (QED) is 0.482. The van der Waals surface area contributed by atoms with Crippen LogP contribution in [0, 0.1) is 0 Å². The van der Waals surface area contributed by atoms with Gasteiger partial charge in [-0.3, -0.25) is 15.0 Å². The molecule has 11 nitrogen and oxygen atoms in total. The Morgan fingerprint density at radius 1 is 1.35 bits per heavy atom. The maximum Gasteiger partial charge on any atom is 0.408 e. The summed E-state index contributed by atoms with van der Waals surface area (Å²) < 4.78 is 56.2. The fraction of sp³-hybridized carbons (Fsp3) is 0.577. The van der Waals surface area contributed by atoms with Crippen molar-refractivity contribution >= 4 is 17.8 Å². The van der Waals surface area contributed by atoms with Gasteiger partial charge in [-0.1, -0.05) is 0 Å². The number of nitrogens with zero attached hydrogens (tertiary/aromatic N) is 3. The van der Waals surface area contributed by atoms with E-state index in [0.717, 1.165) is 12.6 Å². The number of carbonyl (C=O) groups is 2. The highest BCUT2D eigenvalue weighted by molar-refractivity contribution is 5.91. The molecule has 0 radical (unpaired) electrons. The van der Waals surface area contributed by atoms with Crippen molar-refractivity contribution in [2.24, 2.45) is 0 Å². The molecular weight excluding hydrogens is 533 g/mol. The molecule has 3 amide bonds. The van der Waals surface area contributed by atoms with Crippen LogP contribution in [0.1, 0.15) is 34.1 Å². The molecule has 4 atom stereocenters. The number of hydrogen-bond donors (Lipinski definition) is 3. The molecule has 0 aliphatic carbocycles. The number of carbonyl (C=O) groups excluding carboxylic acids is 2. The molecule has 1 aromatic rings. The molecule has 14 heteroatoms. The SMILES string of the molecule is CC1=CC(C(=O)N[C@H](C)C(F)(F)F)NC2=C1N1CC[C@@H](C1)N2C(=O)Nc1cc(OC[C@H]2COC(C)(C)O2)ccn1. The van der Waals surface area contributed by atoms with Crippen LogP contribution in [0.5, 0.6) is 5.75 Å². The van der Waals surface area contributed by atoms with E-state index in [1.807, 2.05) is 19.2 Å². The van der Waals surface area contributed by atoms with Crippen LogP contribution < -0.4 is 20.7 Å². The fourth-order valence-corrected chi connectivity index (χ4v) is 5.26. The van der Waals surface area contributed by atoms with Crippen LogP contribution in [0.4, 0.5) is 23.8 Å². The molecule has 4 aliphatic rings. The summed E-state index contributed by atoms with van der Waals surface area (Å²) in [6.07, 6.45) is -1.03. The average Bonchev–Trinajstić information content (AvgIpc) is 3.44. The third-order valence-corrected chi connectivity index (χ3v) is 7.21. The Bertz CT molecular complexity index is 1240. The minimum atomic E-state index is -4.57. The summed E-state index contributed by atoms with van der Waals surface area (Å²) in [4.78, 5) is 34.2. The Hall–Kier alpha value is -3.52. The molecule has 2 fully saturated rings. The van der Waals surface area contributed by atoms with E-state index in [0.29, 0.717) is 43.3 Å². The minimum Gasteiger partial charge on any atom is -0.491 e. The monoisotopic (exact) mass is 566 g/mol. The maximum absolute atomic E-state index is 13.6. The van der Waals surface area contributed by atoms with Crippen molar-refractivity contribution in [3.05, 3.63) is 41.5 Å². The van der Waals surface area contributed by atoms with Crippen LogP contribution in [0.15, 0.2) is 41.5 Å². The lowest BCUT2D eigenvalue weighted by atomic mass is 10.0. The van der Waals surface area contributed by atoms with Gasteiger partial charge in [0.15, 0.2) is 5.79 Å². The third kappa shape index (κ3) is 5.82. The second-order valence-electron chi connectivity index (χ2n) is 10.8. The molecule has 40 heavy (non-hydrogen) atoms. The number of urea groups is 1. The number of hydrogen-bond acceptors (Lipinski definition) is 8. The Morgan fingerprint density at radius 3 is 2.83 bits per heavy atom. The Kier molecular flexibility index (Phi) is 7.33. The minimum absolute atomic E-state index is 0.197. The zero-order valence-corrected chi connectivity index (χ0v) is 22.7. The number of aromatic nitrogens is 1. The van der Waals surface area contributed by atoms with Crippen LogP contribution in [0.3, 0.4) is 0 Å². The first-order valence-electron chi connectivity index (χ1n) is 13.1. The highest BCUT2D eigenvalue weighted by Gasteiger charge is 2.45. The Morgan fingerprint density at radius 2 is 2.12 bits per heavy atom. The zero-order valence-electron chi connectivity index (χ0n) is 22.7. The van der Waals surface area contributed by atoms with Crippen molar-refractivity contribution in [1.29, 1.82) is 0 Å². The summed E-state index contributed by atoms with van der Waals surface area (Å²) in [6, 6.07) is -0.529. The maximum atomic E-state index is 13.6. The van der Waals surface area contributed by atoms with Crippen LogP contribution in [-0.4, -0.2) is 89.2 Å². The second kappa shape index (κ2) is 10.5. The normalized spacial score (nSPS) is 26.1. The molecule has 5 rings (SSSR count). The molecule has 218 valence electrons. The number of ether oxygens (including phenoxy) is 3. The molecule has 1 unspecified atom stereocenters. The number of rotatable bonds is 6. The van der Waals surface area contributed by atoms with Gasteiger partial charge in [0.2, 0.25) is 5.91 Å². The summed E-state index contributed by atoms with van der Waals surface area (Å²) in [6.45, 7) is 8.28. The van der Waals surface area contributed by atoms with Crippen molar-refractivity contribution in [2.75, 3.05) is 31.6 Å². The lowest BCUT2D eigenvalue weighted by molar-refractivity contribution is -0.158. The molecule has 4 aliphatic heterocycles. The van der Waals surface area contributed by atoms with E-state index >= 15 is 0 Å². The lowest BCUT2D eigenvalue weighted by Crippen LogP contribution is -2.57. The predicted molar refractivity (Wildman–Crippen MR) is 137 cm³/mol. The standard InChI is InChI=1S/C26H33F3N6O5/c1-14-9-19(23(36)31-15(2)26(27,28)29)32-22-21(14)34-8-6-16(11-34)35(22)24(37)33-20-10-17(5-7-30-20)38-12-18-13-39-25(3,4)40-18/h5,7,9-10,15-16,18-19,32H,6,8,11-13H2,1-4H3,(H,31,36)(H,30,33,37)/t15-,16+,18+,19?/m1/s1. The Balaban J connectivity index is 1.29.